The highest BCUT2D eigenvalue weighted by molar-refractivity contribution is 7.99. The largest absolute Gasteiger partial charge is 0.469 e. The van der Waals surface area contributed by atoms with Crippen molar-refractivity contribution in [3.8, 4) is 0 Å². The van der Waals surface area contributed by atoms with Crippen molar-refractivity contribution in [1.29, 1.82) is 0 Å². The molecular formula is C21H24N4O2S. The second-order valence-electron chi connectivity index (χ2n) is 6.38. The Kier molecular flexibility index (Phi) is 7.22. The molecule has 2 N–H and O–H groups in total. The summed E-state index contributed by atoms with van der Waals surface area (Å²) < 4.78 is 6.76. The first-order chi connectivity index (χ1) is 13.7. The van der Waals surface area contributed by atoms with Gasteiger partial charge in [-0.3, -0.25) is 4.79 Å². The number of methoxy groups -OCH3 is 1. The summed E-state index contributed by atoms with van der Waals surface area (Å²) in [5, 5.41) is 9.47. The third-order valence-electron chi connectivity index (χ3n) is 4.32. The van der Waals surface area contributed by atoms with E-state index in [-0.39, 0.29) is 12.0 Å². The number of aromatic nitrogens is 3. The lowest BCUT2D eigenvalue weighted by atomic mass is 10.1. The van der Waals surface area contributed by atoms with Gasteiger partial charge in [-0.25, -0.2) is 0 Å². The summed E-state index contributed by atoms with van der Waals surface area (Å²) in [6.07, 6.45) is 1.01. The number of rotatable bonds is 9. The summed E-state index contributed by atoms with van der Waals surface area (Å²) in [5.41, 5.74) is 8.79. The molecule has 0 amide bonds. The molecule has 3 aromatic rings. The van der Waals surface area contributed by atoms with Gasteiger partial charge in [0.2, 0.25) is 0 Å². The van der Waals surface area contributed by atoms with E-state index in [9.17, 15) is 4.79 Å². The van der Waals surface area contributed by atoms with Crippen LogP contribution in [0.5, 0.6) is 0 Å². The standard InChI is InChI=1S/C21H24N4O2S/c1-27-19(26)12-13-28-21-24-23-20(18(22)14-16-8-4-2-5-9-16)25(21)15-17-10-6-3-7-11-17/h2-11,18H,12-15,22H2,1H3/t18-/m0/s1. The Bertz CT molecular complexity index is 884. The second kappa shape index (κ2) is 10.1. The molecule has 7 heteroatoms. The molecule has 1 heterocycles. The first kappa shape index (κ1) is 20.1. The molecule has 0 spiro atoms. The fraction of sp³-hybridized carbons (Fsp3) is 0.286. The van der Waals surface area contributed by atoms with Gasteiger partial charge in [-0.05, 0) is 17.5 Å². The van der Waals surface area contributed by atoms with E-state index in [0.29, 0.717) is 25.1 Å². The predicted octanol–water partition coefficient (Wildman–Crippen LogP) is 3.22. The summed E-state index contributed by atoms with van der Waals surface area (Å²) >= 11 is 1.49. The zero-order valence-corrected chi connectivity index (χ0v) is 16.6. The average molecular weight is 397 g/mol. The Morgan fingerprint density at radius 2 is 1.71 bits per heavy atom. The minimum Gasteiger partial charge on any atom is -0.469 e. The average Bonchev–Trinajstić information content (AvgIpc) is 3.12. The maximum absolute atomic E-state index is 11.4. The van der Waals surface area contributed by atoms with E-state index in [0.717, 1.165) is 22.1 Å². The number of esters is 1. The molecule has 146 valence electrons. The van der Waals surface area contributed by atoms with Crippen LogP contribution in [0.2, 0.25) is 0 Å². The molecule has 0 saturated heterocycles. The molecule has 6 nitrogen and oxygen atoms in total. The van der Waals surface area contributed by atoms with Gasteiger partial charge in [-0.15, -0.1) is 10.2 Å². The number of carbonyl (C=O) groups excluding carboxylic acids is 1. The molecule has 0 unspecified atom stereocenters. The van der Waals surface area contributed by atoms with Gasteiger partial charge >= 0.3 is 5.97 Å². The van der Waals surface area contributed by atoms with E-state index in [1.807, 2.05) is 41.0 Å². The van der Waals surface area contributed by atoms with Crippen LogP contribution < -0.4 is 5.73 Å². The molecule has 1 aromatic heterocycles. The van der Waals surface area contributed by atoms with Gasteiger partial charge in [-0.1, -0.05) is 72.4 Å². The predicted molar refractivity (Wildman–Crippen MR) is 110 cm³/mol. The van der Waals surface area contributed by atoms with E-state index in [4.69, 9.17) is 10.5 Å². The topological polar surface area (TPSA) is 83.0 Å². The SMILES string of the molecule is COC(=O)CCSc1nnc([C@@H](N)Cc2ccccc2)n1Cc1ccccc1. The number of hydrogen-bond acceptors (Lipinski definition) is 6. The zero-order chi connectivity index (χ0) is 19.8. The van der Waals surface area contributed by atoms with Gasteiger partial charge < -0.3 is 15.0 Å². The monoisotopic (exact) mass is 396 g/mol. The van der Waals surface area contributed by atoms with Gasteiger partial charge in [0.15, 0.2) is 11.0 Å². The molecule has 0 radical (unpaired) electrons. The maximum Gasteiger partial charge on any atom is 0.306 e. The number of benzene rings is 2. The Morgan fingerprint density at radius 1 is 1.07 bits per heavy atom. The Balaban J connectivity index is 1.80. The lowest BCUT2D eigenvalue weighted by molar-refractivity contribution is -0.140. The van der Waals surface area contributed by atoms with Crippen LogP contribution in [0.15, 0.2) is 65.8 Å². The third kappa shape index (κ3) is 5.43. The number of nitrogens with zero attached hydrogens (tertiary/aromatic N) is 3. The van der Waals surface area contributed by atoms with Gasteiger partial charge in [-0.2, -0.15) is 0 Å². The number of ether oxygens (including phenoxy) is 1. The molecular weight excluding hydrogens is 372 g/mol. The molecule has 28 heavy (non-hydrogen) atoms. The van der Waals surface area contributed by atoms with Crippen molar-refractivity contribution in [3.63, 3.8) is 0 Å². The smallest absolute Gasteiger partial charge is 0.306 e. The molecule has 0 aliphatic heterocycles. The van der Waals surface area contributed by atoms with Crippen LogP contribution in [0.25, 0.3) is 0 Å². The number of nitrogens with two attached hydrogens (primary N) is 1. The molecule has 0 bridgehead atoms. The zero-order valence-electron chi connectivity index (χ0n) is 15.8. The van der Waals surface area contributed by atoms with Crippen LogP contribution >= 0.6 is 11.8 Å². The van der Waals surface area contributed by atoms with E-state index in [1.54, 1.807) is 0 Å². The van der Waals surface area contributed by atoms with Crippen LogP contribution in [0.3, 0.4) is 0 Å². The fourth-order valence-corrected chi connectivity index (χ4v) is 3.75. The van der Waals surface area contributed by atoms with Crippen molar-refractivity contribution in [2.45, 2.75) is 30.6 Å². The molecule has 0 fully saturated rings. The second-order valence-corrected chi connectivity index (χ2v) is 7.45. The lowest BCUT2D eigenvalue weighted by Crippen LogP contribution is -2.20. The molecule has 0 aliphatic rings. The van der Waals surface area contributed by atoms with Crippen molar-refractivity contribution >= 4 is 17.7 Å². The third-order valence-corrected chi connectivity index (χ3v) is 5.29. The van der Waals surface area contributed by atoms with Crippen LogP contribution in [0.1, 0.15) is 29.4 Å². The van der Waals surface area contributed by atoms with Gasteiger partial charge in [0.05, 0.1) is 26.1 Å². The quantitative estimate of drug-likeness (QED) is 0.442. The molecule has 0 aliphatic carbocycles. The highest BCUT2D eigenvalue weighted by Gasteiger charge is 2.19. The minimum atomic E-state index is -0.270. The van der Waals surface area contributed by atoms with Gasteiger partial charge in [0.25, 0.3) is 0 Å². The lowest BCUT2D eigenvalue weighted by Gasteiger charge is -2.15. The highest BCUT2D eigenvalue weighted by atomic mass is 32.2. The van der Waals surface area contributed by atoms with Crippen molar-refractivity contribution in [2.24, 2.45) is 5.73 Å². The summed E-state index contributed by atoms with van der Waals surface area (Å²) in [4.78, 5) is 11.4. The number of thioether (sulfide) groups is 1. The van der Waals surface area contributed by atoms with Crippen molar-refractivity contribution in [3.05, 3.63) is 77.6 Å². The van der Waals surface area contributed by atoms with Crippen molar-refractivity contribution in [1.82, 2.24) is 14.8 Å². The van der Waals surface area contributed by atoms with Gasteiger partial charge in [0.1, 0.15) is 0 Å². The highest BCUT2D eigenvalue weighted by Crippen LogP contribution is 2.23. The normalized spacial score (nSPS) is 11.9. The molecule has 2 aromatic carbocycles. The fourth-order valence-electron chi connectivity index (χ4n) is 2.88. The van der Waals surface area contributed by atoms with E-state index in [1.165, 1.54) is 18.9 Å². The van der Waals surface area contributed by atoms with E-state index in [2.05, 4.69) is 34.5 Å². The van der Waals surface area contributed by atoms with Crippen molar-refractivity contribution in [2.75, 3.05) is 12.9 Å². The van der Waals surface area contributed by atoms with E-state index >= 15 is 0 Å². The van der Waals surface area contributed by atoms with Gasteiger partial charge in [0, 0.05) is 5.75 Å². The Hall–Kier alpha value is -2.64. The maximum atomic E-state index is 11.4. The van der Waals surface area contributed by atoms with Crippen LogP contribution in [0.4, 0.5) is 0 Å². The summed E-state index contributed by atoms with van der Waals surface area (Å²) in [6.45, 7) is 0.631. The number of carbonyl (C=O) groups is 1. The summed E-state index contributed by atoms with van der Waals surface area (Å²) in [6, 6.07) is 20.0. The first-order valence-electron chi connectivity index (χ1n) is 9.13. The number of hydrogen-bond donors (Lipinski definition) is 1. The van der Waals surface area contributed by atoms with E-state index < -0.39 is 0 Å². The Labute approximate surface area is 169 Å². The van der Waals surface area contributed by atoms with Crippen LogP contribution in [-0.4, -0.2) is 33.6 Å². The molecule has 1 atom stereocenters. The Morgan fingerprint density at radius 3 is 2.36 bits per heavy atom. The first-order valence-corrected chi connectivity index (χ1v) is 10.1. The summed E-state index contributed by atoms with van der Waals surface area (Å²) in [5.74, 6) is 1.09. The van der Waals surface area contributed by atoms with Crippen molar-refractivity contribution < 1.29 is 9.53 Å². The van der Waals surface area contributed by atoms with Crippen LogP contribution in [-0.2, 0) is 22.5 Å². The molecule has 0 saturated carbocycles. The minimum absolute atomic E-state index is 0.234. The summed E-state index contributed by atoms with van der Waals surface area (Å²) in [7, 11) is 1.39. The molecule has 3 rings (SSSR count). The van der Waals surface area contributed by atoms with Crippen LogP contribution in [0, 0.1) is 0 Å².